The predicted molar refractivity (Wildman–Crippen MR) is 85.4 cm³/mol. The third-order valence-corrected chi connectivity index (χ3v) is 3.41. The third-order valence-electron chi connectivity index (χ3n) is 3.41. The van der Waals surface area contributed by atoms with Crippen LogP contribution >= 0.6 is 0 Å². The highest BCUT2D eigenvalue weighted by atomic mass is 16.5. The van der Waals surface area contributed by atoms with E-state index < -0.39 is 0 Å². The topological polar surface area (TPSA) is 38.3 Å². The highest BCUT2D eigenvalue weighted by molar-refractivity contribution is 5.79. The Kier molecular flexibility index (Phi) is 5.38. The predicted octanol–water partition coefficient (Wildman–Crippen LogP) is 3.58. The van der Waals surface area contributed by atoms with E-state index in [-0.39, 0.29) is 12.0 Å². The van der Waals surface area contributed by atoms with Crippen LogP contribution in [0.2, 0.25) is 0 Å². The number of hydrogen-bond donors (Lipinski definition) is 1. The van der Waals surface area contributed by atoms with Gasteiger partial charge in [0.05, 0.1) is 7.11 Å². The number of esters is 1. The van der Waals surface area contributed by atoms with Gasteiger partial charge in [-0.2, -0.15) is 0 Å². The minimum atomic E-state index is -0.336. The van der Waals surface area contributed by atoms with E-state index >= 15 is 0 Å². The molecule has 3 nitrogen and oxygen atoms in total. The zero-order valence-electron chi connectivity index (χ0n) is 12.5. The lowest BCUT2D eigenvalue weighted by Crippen LogP contribution is -2.31. The Hall–Kier alpha value is -2.29. The number of carbonyl (C=O) groups excluding carboxylic acids is 1. The van der Waals surface area contributed by atoms with Crippen molar-refractivity contribution in [3.05, 3.63) is 65.7 Å². The van der Waals surface area contributed by atoms with E-state index in [4.69, 9.17) is 4.74 Å². The summed E-state index contributed by atoms with van der Waals surface area (Å²) in [7, 11) is 1.43. The molecule has 2 rings (SSSR count). The quantitative estimate of drug-likeness (QED) is 0.823. The van der Waals surface area contributed by atoms with Crippen LogP contribution < -0.4 is 5.32 Å². The molecule has 0 aliphatic carbocycles. The first-order valence-corrected chi connectivity index (χ1v) is 7.14. The number of carbonyl (C=O) groups is 1. The van der Waals surface area contributed by atoms with Gasteiger partial charge in [0.25, 0.3) is 0 Å². The summed E-state index contributed by atoms with van der Waals surface area (Å²) in [6, 6.07) is 17.8. The first-order valence-electron chi connectivity index (χ1n) is 7.14. The van der Waals surface area contributed by atoms with Crippen molar-refractivity contribution in [1.29, 1.82) is 0 Å². The molecular formula is C18H21NO2. The first-order chi connectivity index (χ1) is 10.2. The van der Waals surface area contributed by atoms with E-state index in [0.717, 1.165) is 17.7 Å². The van der Waals surface area contributed by atoms with Gasteiger partial charge < -0.3 is 10.1 Å². The van der Waals surface area contributed by atoms with Crippen molar-refractivity contribution in [2.24, 2.45) is 0 Å². The Morgan fingerprint density at radius 3 is 2.57 bits per heavy atom. The summed E-state index contributed by atoms with van der Waals surface area (Å²) in [6.45, 7) is 2.03. The third kappa shape index (κ3) is 4.63. The minimum Gasteiger partial charge on any atom is -0.467 e. The van der Waals surface area contributed by atoms with Gasteiger partial charge in [0.2, 0.25) is 0 Å². The molecule has 0 spiro atoms. The lowest BCUT2D eigenvalue weighted by atomic mass is 10.0. The van der Waals surface area contributed by atoms with Crippen molar-refractivity contribution in [2.45, 2.75) is 25.8 Å². The van der Waals surface area contributed by atoms with E-state index in [1.807, 2.05) is 49.4 Å². The molecule has 2 aromatic rings. The molecule has 1 unspecified atom stereocenters. The monoisotopic (exact) mass is 283 g/mol. The average molecular weight is 283 g/mol. The second kappa shape index (κ2) is 7.48. The summed E-state index contributed by atoms with van der Waals surface area (Å²) in [6.07, 6.45) is 1.53. The van der Waals surface area contributed by atoms with Gasteiger partial charge in [-0.1, -0.05) is 42.5 Å². The van der Waals surface area contributed by atoms with Gasteiger partial charge >= 0.3 is 5.97 Å². The van der Waals surface area contributed by atoms with Crippen molar-refractivity contribution in [3.63, 3.8) is 0 Å². The zero-order chi connectivity index (χ0) is 15.1. The molecule has 0 saturated carbocycles. The maximum Gasteiger partial charge on any atom is 0.328 e. The van der Waals surface area contributed by atoms with Crippen molar-refractivity contribution in [3.8, 4) is 0 Å². The Morgan fingerprint density at radius 2 is 1.90 bits per heavy atom. The summed E-state index contributed by atoms with van der Waals surface area (Å²) in [5.74, 6) is -0.229. The van der Waals surface area contributed by atoms with Gasteiger partial charge in [0.15, 0.2) is 0 Å². The Balaban J connectivity index is 2.03. The molecule has 0 radical (unpaired) electrons. The summed E-state index contributed by atoms with van der Waals surface area (Å²) in [4.78, 5) is 11.9. The van der Waals surface area contributed by atoms with Crippen molar-refractivity contribution in [1.82, 2.24) is 0 Å². The van der Waals surface area contributed by atoms with E-state index in [1.165, 1.54) is 12.7 Å². The molecule has 1 atom stereocenters. The van der Waals surface area contributed by atoms with Gasteiger partial charge in [-0.15, -0.1) is 0 Å². The van der Waals surface area contributed by atoms with Crippen LogP contribution in [0.1, 0.15) is 17.5 Å². The summed E-state index contributed by atoms with van der Waals surface area (Å²) < 4.78 is 4.90. The molecule has 0 aliphatic heterocycles. The van der Waals surface area contributed by atoms with E-state index in [0.29, 0.717) is 6.42 Å². The van der Waals surface area contributed by atoms with Gasteiger partial charge in [0.1, 0.15) is 6.04 Å². The fourth-order valence-corrected chi connectivity index (χ4v) is 2.28. The van der Waals surface area contributed by atoms with Gasteiger partial charge in [0, 0.05) is 5.69 Å². The molecule has 0 bridgehead atoms. The van der Waals surface area contributed by atoms with Crippen LogP contribution in [-0.2, 0) is 16.0 Å². The zero-order valence-corrected chi connectivity index (χ0v) is 12.5. The smallest absolute Gasteiger partial charge is 0.328 e. The maximum absolute atomic E-state index is 11.9. The van der Waals surface area contributed by atoms with Crippen molar-refractivity contribution < 1.29 is 9.53 Å². The highest BCUT2D eigenvalue weighted by Gasteiger charge is 2.18. The highest BCUT2D eigenvalue weighted by Crippen LogP contribution is 2.14. The molecule has 0 heterocycles. The van der Waals surface area contributed by atoms with Crippen LogP contribution in [0.4, 0.5) is 5.69 Å². The van der Waals surface area contributed by atoms with Crippen LogP contribution in [0, 0.1) is 6.92 Å². The Morgan fingerprint density at radius 1 is 1.14 bits per heavy atom. The Bertz CT molecular complexity index is 581. The van der Waals surface area contributed by atoms with Crippen LogP contribution in [-0.4, -0.2) is 19.1 Å². The van der Waals surface area contributed by atoms with Crippen LogP contribution in [0.5, 0.6) is 0 Å². The van der Waals surface area contributed by atoms with Crippen molar-refractivity contribution >= 4 is 11.7 Å². The van der Waals surface area contributed by atoms with E-state index in [9.17, 15) is 4.79 Å². The maximum atomic E-state index is 11.9. The molecule has 0 fully saturated rings. The number of nitrogens with one attached hydrogen (secondary N) is 1. The summed E-state index contributed by atoms with van der Waals surface area (Å²) >= 11 is 0. The standard InChI is InChI=1S/C18H21NO2/c1-14-7-6-10-16(13-14)19-17(18(20)21-2)12-11-15-8-4-3-5-9-15/h3-10,13,17,19H,11-12H2,1-2H3. The summed E-state index contributed by atoms with van der Waals surface area (Å²) in [5.41, 5.74) is 3.32. The molecule has 0 aromatic heterocycles. The molecule has 0 aliphatic rings. The molecule has 0 amide bonds. The van der Waals surface area contributed by atoms with Crippen LogP contribution in [0.25, 0.3) is 0 Å². The number of methoxy groups -OCH3 is 1. The number of anilines is 1. The number of rotatable bonds is 6. The second-order valence-corrected chi connectivity index (χ2v) is 5.11. The lowest BCUT2D eigenvalue weighted by Gasteiger charge is -2.18. The molecule has 21 heavy (non-hydrogen) atoms. The SMILES string of the molecule is COC(=O)C(CCc1ccccc1)Nc1cccc(C)c1. The summed E-state index contributed by atoms with van der Waals surface area (Å²) in [5, 5.41) is 3.27. The molecular weight excluding hydrogens is 262 g/mol. The number of hydrogen-bond acceptors (Lipinski definition) is 3. The molecule has 110 valence electrons. The number of ether oxygens (including phenoxy) is 1. The molecule has 2 aromatic carbocycles. The van der Waals surface area contributed by atoms with Gasteiger partial charge in [-0.25, -0.2) is 4.79 Å². The molecule has 3 heteroatoms. The molecule has 0 saturated heterocycles. The van der Waals surface area contributed by atoms with Crippen LogP contribution in [0.3, 0.4) is 0 Å². The fourth-order valence-electron chi connectivity index (χ4n) is 2.28. The Labute approximate surface area is 126 Å². The van der Waals surface area contributed by atoms with Gasteiger partial charge in [-0.3, -0.25) is 0 Å². The van der Waals surface area contributed by atoms with Crippen molar-refractivity contribution in [2.75, 3.05) is 12.4 Å². The number of benzene rings is 2. The second-order valence-electron chi connectivity index (χ2n) is 5.11. The van der Waals surface area contributed by atoms with E-state index in [1.54, 1.807) is 0 Å². The van der Waals surface area contributed by atoms with E-state index in [2.05, 4.69) is 17.4 Å². The number of aryl methyl sites for hydroxylation is 2. The minimum absolute atomic E-state index is 0.229. The largest absolute Gasteiger partial charge is 0.467 e. The lowest BCUT2D eigenvalue weighted by molar-refractivity contribution is -0.141. The molecule has 1 N–H and O–H groups in total. The van der Waals surface area contributed by atoms with Gasteiger partial charge in [-0.05, 0) is 43.0 Å². The fraction of sp³-hybridized carbons (Fsp3) is 0.278. The average Bonchev–Trinajstić information content (AvgIpc) is 2.51. The first kappa shape index (κ1) is 15.1. The normalized spacial score (nSPS) is 11.7. The van der Waals surface area contributed by atoms with Crippen LogP contribution in [0.15, 0.2) is 54.6 Å².